The standard InChI is InChI=1S/C18H31NO/c1-6-8-9-15(7-2)12-17(19-4)16-11-10-14(3)18(13-16)20-5/h10-11,13,15,17,19H,6-9,12H2,1-5H3. The summed E-state index contributed by atoms with van der Waals surface area (Å²) in [4.78, 5) is 0. The second-order valence-electron chi connectivity index (χ2n) is 5.72. The highest BCUT2D eigenvalue weighted by atomic mass is 16.5. The number of hydrogen-bond acceptors (Lipinski definition) is 2. The van der Waals surface area contributed by atoms with Crippen molar-refractivity contribution >= 4 is 0 Å². The Bertz CT molecular complexity index is 389. The summed E-state index contributed by atoms with van der Waals surface area (Å²) in [5.41, 5.74) is 2.54. The summed E-state index contributed by atoms with van der Waals surface area (Å²) in [5.74, 6) is 1.80. The van der Waals surface area contributed by atoms with Gasteiger partial charge in [-0.15, -0.1) is 0 Å². The predicted octanol–water partition coefficient (Wildman–Crippen LogP) is 4.87. The highest BCUT2D eigenvalue weighted by molar-refractivity contribution is 5.37. The number of unbranched alkanes of at least 4 members (excludes halogenated alkanes) is 1. The van der Waals surface area contributed by atoms with E-state index in [1.54, 1.807) is 7.11 Å². The Kier molecular flexibility index (Phi) is 7.68. The molecule has 0 saturated heterocycles. The van der Waals surface area contributed by atoms with E-state index >= 15 is 0 Å². The Hall–Kier alpha value is -1.02. The molecule has 2 atom stereocenters. The van der Waals surface area contributed by atoms with Crippen LogP contribution in [-0.2, 0) is 0 Å². The van der Waals surface area contributed by atoms with Crippen LogP contribution < -0.4 is 10.1 Å². The molecule has 0 spiro atoms. The highest BCUT2D eigenvalue weighted by Crippen LogP contribution is 2.29. The van der Waals surface area contributed by atoms with Gasteiger partial charge in [-0.25, -0.2) is 0 Å². The van der Waals surface area contributed by atoms with Crippen molar-refractivity contribution in [1.82, 2.24) is 5.32 Å². The number of benzene rings is 1. The summed E-state index contributed by atoms with van der Waals surface area (Å²) >= 11 is 0. The van der Waals surface area contributed by atoms with Gasteiger partial charge in [0.1, 0.15) is 5.75 Å². The van der Waals surface area contributed by atoms with Crippen LogP contribution in [0, 0.1) is 12.8 Å². The minimum Gasteiger partial charge on any atom is -0.496 e. The lowest BCUT2D eigenvalue weighted by Crippen LogP contribution is -2.20. The largest absolute Gasteiger partial charge is 0.496 e. The summed E-state index contributed by atoms with van der Waals surface area (Å²) in [5, 5.41) is 3.47. The lowest BCUT2D eigenvalue weighted by molar-refractivity contribution is 0.363. The Morgan fingerprint density at radius 2 is 2.00 bits per heavy atom. The van der Waals surface area contributed by atoms with E-state index in [1.807, 2.05) is 0 Å². The van der Waals surface area contributed by atoms with Crippen molar-refractivity contribution < 1.29 is 4.74 Å². The maximum atomic E-state index is 5.45. The lowest BCUT2D eigenvalue weighted by Gasteiger charge is -2.23. The number of rotatable bonds is 9. The van der Waals surface area contributed by atoms with E-state index in [4.69, 9.17) is 4.74 Å². The maximum Gasteiger partial charge on any atom is 0.122 e. The smallest absolute Gasteiger partial charge is 0.122 e. The Balaban J connectivity index is 2.78. The van der Waals surface area contributed by atoms with Crippen molar-refractivity contribution in [3.63, 3.8) is 0 Å². The molecule has 0 bridgehead atoms. The molecule has 1 aromatic rings. The van der Waals surface area contributed by atoms with Gasteiger partial charge in [0.05, 0.1) is 7.11 Å². The molecule has 114 valence electrons. The normalized spacial score (nSPS) is 14.1. The van der Waals surface area contributed by atoms with Gasteiger partial charge in [0.2, 0.25) is 0 Å². The maximum absolute atomic E-state index is 5.45. The first-order chi connectivity index (χ1) is 9.65. The molecular formula is C18H31NO. The Labute approximate surface area is 124 Å². The second kappa shape index (κ2) is 9.02. The fraction of sp³-hybridized carbons (Fsp3) is 0.667. The van der Waals surface area contributed by atoms with Crippen molar-refractivity contribution in [2.24, 2.45) is 5.92 Å². The molecule has 2 unspecified atom stereocenters. The van der Waals surface area contributed by atoms with Crippen molar-refractivity contribution in [1.29, 1.82) is 0 Å². The van der Waals surface area contributed by atoms with E-state index in [9.17, 15) is 0 Å². The van der Waals surface area contributed by atoms with Crippen LogP contribution in [0.1, 0.15) is 63.1 Å². The molecule has 2 heteroatoms. The fourth-order valence-electron chi connectivity index (χ4n) is 2.79. The molecule has 2 nitrogen and oxygen atoms in total. The molecule has 0 heterocycles. The van der Waals surface area contributed by atoms with E-state index in [0.717, 1.165) is 11.7 Å². The second-order valence-corrected chi connectivity index (χ2v) is 5.72. The number of aryl methyl sites for hydroxylation is 1. The van der Waals surface area contributed by atoms with Crippen molar-refractivity contribution in [2.45, 2.75) is 58.9 Å². The number of methoxy groups -OCH3 is 1. The molecule has 0 aliphatic rings. The third-order valence-electron chi connectivity index (χ3n) is 4.30. The van der Waals surface area contributed by atoms with Crippen LogP contribution in [-0.4, -0.2) is 14.2 Å². The van der Waals surface area contributed by atoms with Gasteiger partial charge in [-0.1, -0.05) is 51.7 Å². The molecule has 0 amide bonds. The first kappa shape index (κ1) is 17.0. The SMILES string of the molecule is CCCCC(CC)CC(NC)c1ccc(C)c(OC)c1. The van der Waals surface area contributed by atoms with E-state index in [2.05, 4.69) is 51.3 Å². The quantitative estimate of drug-likeness (QED) is 0.695. The highest BCUT2D eigenvalue weighted by Gasteiger charge is 2.16. The first-order valence-corrected chi connectivity index (χ1v) is 7.97. The van der Waals surface area contributed by atoms with Crippen molar-refractivity contribution in [3.05, 3.63) is 29.3 Å². The number of nitrogens with one attached hydrogen (secondary N) is 1. The zero-order valence-electron chi connectivity index (χ0n) is 13.8. The van der Waals surface area contributed by atoms with Crippen LogP contribution in [0.4, 0.5) is 0 Å². The fourth-order valence-corrected chi connectivity index (χ4v) is 2.79. The van der Waals surface area contributed by atoms with Crippen LogP contribution in [0.3, 0.4) is 0 Å². The zero-order valence-corrected chi connectivity index (χ0v) is 13.8. The average Bonchev–Trinajstić information content (AvgIpc) is 2.48. The van der Waals surface area contributed by atoms with E-state index < -0.39 is 0 Å². The molecule has 0 radical (unpaired) electrons. The third-order valence-corrected chi connectivity index (χ3v) is 4.30. The molecule has 0 saturated carbocycles. The van der Waals surface area contributed by atoms with Crippen LogP contribution in [0.2, 0.25) is 0 Å². The van der Waals surface area contributed by atoms with Gasteiger partial charge in [0.15, 0.2) is 0 Å². The molecule has 0 fully saturated rings. The average molecular weight is 277 g/mol. The topological polar surface area (TPSA) is 21.3 Å². The van der Waals surface area contributed by atoms with Crippen LogP contribution in [0.15, 0.2) is 18.2 Å². The number of hydrogen-bond donors (Lipinski definition) is 1. The lowest BCUT2D eigenvalue weighted by atomic mass is 9.89. The Morgan fingerprint density at radius 1 is 1.25 bits per heavy atom. The minimum absolute atomic E-state index is 0.423. The summed E-state index contributed by atoms with van der Waals surface area (Å²) in [7, 11) is 3.81. The molecule has 1 N–H and O–H groups in total. The summed E-state index contributed by atoms with van der Waals surface area (Å²) < 4.78 is 5.45. The van der Waals surface area contributed by atoms with E-state index in [0.29, 0.717) is 6.04 Å². The summed E-state index contributed by atoms with van der Waals surface area (Å²) in [6.07, 6.45) is 6.44. The van der Waals surface area contributed by atoms with Crippen molar-refractivity contribution in [3.8, 4) is 5.75 Å². The van der Waals surface area contributed by atoms with E-state index in [1.165, 1.54) is 43.2 Å². The van der Waals surface area contributed by atoms with Crippen LogP contribution in [0.25, 0.3) is 0 Å². The molecule has 20 heavy (non-hydrogen) atoms. The van der Waals surface area contributed by atoms with Gasteiger partial charge >= 0.3 is 0 Å². The van der Waals surface area contributed by atoms with Gasteiger partial charge in [0, 0.05) is 6.04 Å². The molecule has 0 aromatic heterocycles. The van der Waals surface area contributed by atoms with Crippen LogP contribution in [0.5, 0.6) is 5.75 Å². The van der Waals surface area contributed by atoms with Gasteiger partial charge < -0.3 is 10.1 Å². The van der Waals surface area contributed by atoms with Crippen molar-refractivity contribution in [2.75, 3.05) is 14.2 Å². The van der Waals surface area contributed by atoms with Gasteiger partial charge in [-0.3, -0.25) is 0 Å². The molecule has 0 aliphatic carbocycles. The first-order valence-electron chi connectivity index (χ1n) is 7.97. The monoisotopic (exact) mass is 277 g/mol. The Morgan fingerprint density at radius 3 is 2.55 bits per heavy atom. The van der Waals surface area contributed by atoms with Crippen LogP contribution >= 0.6 is 0 Å². The summed E-state index contributed by atoms with van der Waals surface area (Å²) in [6, 6.07) is 6.99. The van der Waals surface area contributed by atoms with E-state index in [-0.39, 0.29) is 0 Å². The predicted molar refractivity (Wildman–Crippen MR) is 87.5 cm³/mol. The third kappa shape index (κ3) is 4.82. The summed E-state index contributed by atoms with van der Waals surface area (Å²) in [6.45, 7) is 6.67. The number of ether oxygens (including phenoxy) is 1. The zero-order chi connectivity index (χ0) is 15.0. The van der Waals surface area contributed by atoms with Gasteiger partial charge in [-0.05, 0) is 43.5 Å². The molecule has 1 rings (SSSR count). The molecule has 0 aliphatic heterocycles. The van der Waals surface area contributed by atoms with Gasteiger partial charge in [-0.2, -0.15) is 0 Å². The molecule has 1 aromatic carbocycles. The minimum atomic E-state index is 0.423. The van der Waals surface area contributed by atoms with Gasteiger partial charge in [0.25, 0.3) is 0 Å². The molecular weight excluding hydrogens is 246 g/mol.